The maximum atomic E-state index is 12.2. The Hall–Kier alpha value is -2.48. The molecule has 0 unspecified atom stereocenters. The van der Waals surface area contributed by atoms with Crippen LogP contribution in [0.1, 0.15) is 35.4 Å². The third-order valence-corrected chi connectivity index (χ3v) is 4.31. The Bertz CT molecular complexity index is 752. The van der Waals surface area contributed by atoms with Gasteiger partial charge in [-0.05, 0) is 37.6 Å². The van der Waals surface area contributed by atoms with Gasteiger partial charge in [-0.25, -0.2) is 4.98 Å². The lowest BCUT2D eigenvalue weighted by atomic mass is 10.1. The van der Waals surface area contributed by atoms with E-state index < -0.39 is 0 Å². The predicted octanol–water partition coefficient (Wildman–Crippen LogP) is 3.03. The zero-order valence-corrected chi connectivity index (χ0v) is 14.0. The van der Waals surface area contributed by atoms with Crippen LogP contribution >= 0.6 is 11.8 Å². The molecule has 3 aromatic rings. The number of nitrogens with zero attached hydrogens (tertiary/aromatic N) is 2. The van der Waals surface area contributed by atoms with Crippen LogP contribution in [0.2, 0.25) is 0 Å². The molecule has 0 aromatic carbocycles. The molecule has 1 atom stereocenters. The molecule has 126 valence electrons. The number of furan rings is 2. The molecule has 8 heteroatoms. The maximum absolute atomic E-state index is 12.2. The molecule has 0 spiro atoms. The molecular formula is C16H18N4O3S. The molecule has 3 aromatic heterocycles. The average Bonchev–Trinajstić information content (AvgIpc) is 3.33. The fraction of sp³-hybridized carbons (Fsp3) is 0.312. The summed E-state index contributed by atoms with van der Waals surface area (Å²) < 4.78 is 10.9. The highest BCUT2D eigenvalue weighted by molar-refractivity contribution is 7.98. The zero-order valence-electron chi connectivity index (χ0n) is 13.2. The van der Waals surface area contributed by atoms with Crippen LogP contribution in [0, 0.1) is 0 Å². The summed E-state index contributed by atoms with van der Waals surface area (Å²) in [6, 6.07) is 7.30. The number of carbonyl (C=O) groups excluding carboxylic acids is 1. The van der Waals surface area contributed by atoms with E-state index in [0.29, 0.717) is 22.4 Å². The number of H-pyrrole nitrogens is 1. The van der Waals surface area contributed by atoms with Crippen LogP contribution in [0.15, 0.2) is 50.8 Å². The van der Waals surface area contributed by atoms with Crippen LogP contribution in [-0.4, -0.2) is 27.1 Å². The van der Waals surface area contributed by atoms with E-state index in [0.717, 1.165) is 18.6 Å². The van der Waals surface area contributed by atoms with Crippen molar-refractivity contribution in [2.45, 2.75) is 36.7 Å². The van der Waals surface area contributed by atoms with Crippen LogP contribution in [0.4, 0.5) is 0 Å². The molecule has 24 heavy (non-hydrogen) atoms. The molecule has 0 fully saturated rings. The molecule has 3 heterocycles. The van der Waals surface area contributed by atoms with Crippen molar-refractivity contribution in [3.63, 3.8) is 0 Å². The van der Waals surface area contributed by atoms with E-state index in [1.807, 2.05) is 19.1 Å². The molecule has 0 bridgehead atoms. The number of aromatic amines is 1. The first-order chi connectivity index (χ1) is 11.7. The lowest BCUT2D eigenvalue weighted by molar-refractivity contribution is 0.0908. The Morgan fingerprint density at radius 3 is 3.04 bits per heavy atom. The van der Waals surface area contributed by atoms with Crippen molar-refractivity contribution in [2.75, 3.05) is 0 Å². The Morgan fingerprint density at radius 2 is 2.29 bits per heavy atom. The topological polar surface area (TPSA) is 97.0 Å². The van der Waals surface area contributed by atoms with Gasteiger partial charge in [0.05, 0.1) is 12.0 Å². The molecule has 0 saturated carbocycles. The summed E-state index contributed by atoms with van der Waals surface area (Å²) in [6.07, 6.45) is 4.69. The fourth-order valence-electron chi connectivity index (χ4n) is 2.16. The van der Waals surface area contributed by atoms with Gasteiger partial charge in [0.25, 0.3) is 5.91 Å². The predicted molar refractivity (Wildman–Crippen MR) is 88.6 cm³/mol. The van der Waals surface area contributed by atoms with Crippen LogP contribution in [0.3, 0.4) is 0 Å². The van der Waals surface area contributed by atoms with Crippen molar-refractivity contribution in [2.24, 2.45) is 0 Å². The summed E-state index contributed by atoms with van der Waals surface area (Å²) in [5, 5.41) is 10.2. The van der Waals surface area contributed by atoms with Crippen LogP contribution in [0.25, 0.3) is 0 Å². The highest BCUT2D eigenvalue weighted by Gasteiger charge is 2.14. The summed E-state index contributed by atoms with van der Waals surface area (Å²) in [6.45, 7) is 1.96. The largest absolute Gasteiger partial charge is 0.469 e. The highest BCUT2D eigenvalue weighted by Crippen LogP contribution is 2.20. The molecule has 0 radical (unpaired) electrons. The monoisotopic (exact) mass is 346 g/mol. The number of hydrogen-bond acceptors (Lipinski definition) is 6. The lowest BCUT2D eigenvalue weighted by Crippen LogP contribution is -2.32. The minimum Gasteiger partial charge on any atom is -0.469 e. The molecule has 1 amide bonds. The van der Waals surface area contributed by atoms with Gasteiger partial charge < -0.3 is 14.2 Å². The van der Waals surface area contributed by atoms with Crippen molar-refractivity contribution in [1.29, 1.82) is 0 Å². The summed E-state index contributed by atoms with van der Waals surface area (Å²) in [7, 11) is 0. The van der Waals surface area contributed by atoms with E-state index >= 15 is 0 Å². The number of rotatable bonds is 8. The first-order valence-electron chi connectivity index (χ1n) is 7.61. The minimum absolute atomic E-state index is 0.0275. The quantitative estimate of drug-likeness (QED) is 0.609. The second-order valence-electron chi connectivity index (χ2n) is 5.34. The van der Waals surface area contributed by atoms with E-state index in [9.17, 15) is 4.79 Å². The molecular weight excluding hydrogens is 328 g/mol. The molecule has 0 aliphatic rings. The number of aryl methyl sites for hydroxylation is 1. The molecule has 3 rings (SSSR count). The van der Waals surface area contributed by atoms with Gasteiger partial charge >= 0.3 is 0 Å². The number of hydrogen-bond donors (Lipinski definition) is 2. The van der Waals surface area contributed by atoms with E-state index in [2.05, 4.69) is 20.5 Å². The van der Waals surface area contributed by atoms with Gasteiger partial charge in [-0.2, -0.15) is 5.10 Å². The van der Waals surface area contributed by atoms with Crippen LogP contribution < -0.4 is 5.32 Å². The molecule has 0 aliphatic carbocycles. The van der Waals surface area contributed by atoms with Crippen LogP contribution in [0.5, 0.6) is 0 Å². The molecule has 0 aliphatic heterocycles. The van der Waals surface area contributed by atoms with E-state index in [-0.39, 0.29) is 11.9 Å². The van der Waals surface area contributed by atoms with Crippen molar-refractivity contribution in [3.05, 3.63) is 54.1 Å². The van der Waals surface area contributed by atoms with E-state index in [4.69, 9.17) is 8.83 Å². The zero-order chi connectivity index (χ0) is 16.8. The minimum atomic E-state index is -0.210. The second kappa shape index (κ2) is 7.87. The van der Waals surface area contributed by atoms with Gasteiger partial charge in [-0.3, -0.25) is 9.89 Å². The average molecular weight is 346 g/mol. The van der Waals surface area contributed by atoms with Gasteiger partial charge in [0.1, 0.15) is 17.8 Å². The third-order valence-electron chi connectivity index (χ3n) is 3.41. The van der Waals surface area contributed by atoms with Gasteiger partial charge in [-0.1, -0.05) is 11.8 Å². The third kappa shape index (κ3) is 4.51. The maximum Gasteiger partial charge on any atom is 0.287 e. The lowest BCUT2D eigenvalue weighted by Gasteiger charge is -2.11. The highest BCUT2D eigenvalue weighted by atomic mass is 32.2. The Balaban J connectivity index is 1.46. The number of amides is 1. The summed E-state index contributed by atoms with van der Waals surface area (Å²) >= 11 is 1.46. The summed E-state index contributed by atoms with van der Waals surface area (Å²) in [5.41, 5.74) is 0. The fourth-order valence-corrected chi connectivity index (χ4v) is 2.83. The van der Waals surface area contributed by atoms with Gasteiger partial charge in [0, 0.05) is 12.5 Å². The number of nitrogens with one attached hydrogen (secondary N) is 2. The SMILES string of the molecule is C[C@H](CCc1ccco1)NC(=O)c1ccc(CSc2ncn[nH]2)o1. The summed E-state index contributed by atoms with van der Waals surface area (Å²) in [5.74, 6) is 2.31. The van der Waals surface area contributed by atoms with Gasteiger partial charge in [0.15, 0.2) is 10.9 Å². The molecule has 2 N–H and O–H groups in total. The second-order valence-corrected chi connectivity index (χ2v) is 6.30. The van der Waals surface area contributed by atoms with Crippen molar-refractivity contribution >= 4 is 17.7 Å². The Morgan fingerprint density at radius 1 is 1.38 bits per heavy atom. The number of thioether (sulfide) groups is 1. The normalized spacial score (nSPS) is 12.2. The van der Waals surface area contributed by atoms with Crippen molar-refractivity contribution in [3.8, 4) is 0 Å². The smallest absolute Gasteiger partial charge is 0.287 e. The van der Waals surface area contributed by atoms with Crippen molar-refractivity contribution in [1.82, 2.24) is 20.5 Å². The standard InChI is InChI=1S/C16H18N4O3S/c1-11(4-5-12-3-2-8-22-12)19-15(21)14-7-6-13(23-14)9-24-16-17-10-18-20-16/h2-3,6-8,10-11H,4-5,9H2,1H3,(H,19,21)(H,17,18,20)/t11-/m1/s1. The van der Waals surface area contributed by atoms with Gasteiger partial charge in [-0.15, -0.1) is 0 Å². The molecule has 7 nitrogen and oxygen atoms in total. The van der Waals surface area contributed by atoms with Crippen molar-refractivity contribution < 1.29 is 13.6 Å². The Kier molecular flexibility index (Phi) is 5.37. The molecule has 0 saturated heterocycles. The van der Waals surface area contributed by atoms with E-state index in [1.165, 1.54) is 18.1 Å². The van der Waals surface area contributed by atoms with E-state index in [1.54, 1.807) is 18.4 Å². The summed E-state index contributed by atoms with van der Waals surface area (Å²) in [4.78, 5) is 16.2. The number of carbonyl (C=O) groups is 1. The van der Waals surface area contributed by atoms with Crippen LogP contribution in [-0.2, 0) is 12.2 Å². The first-order valence-corrected chi connectivity index (χ1v) is 8.59. The number of aromatic nitrogens is 3. The Labute approximate surface area is 143 Å². The first kappa shape index (κ1) is 16.4. The van der Waals surface area contributed by atoms with Gasteiger partial charge in [0.2, 0.25) is 0 Å².